The molecular formula is C46H65Cl2O2Si3Zr. The quantitative estimate of drug-likeness (QED) is 0.291. The molecule has 0 amide bonds. The van der Waals surface area contributed by atoms with Crippen molar-refractivity contribution in [3.63, 3.8) is 0 Å². The molecule has 0 N–H and O–H groups in total. The van der Waals surface area contributed by atoms with Gasteiger partial charge in [0.1, 0.15) is 0 Å². The van der Waals surface area contributed by atoms with Crippen LogP contribution in [-0.4, -0.2) is 24.0 Å². The van der Waals surface area contributed by atoms with Crippen LogP contribution in [0.25, 0.3) is 0 Å². The van der Waals surface area contributed by atoms with Gasteiger partial charge in [-0.2, -0.15) is 0 Å². The van der Waals surface area contributed by atoms with E-state index in [9.17, 15) is 0 Å². The van der Waals surface area contributed by atoms with Gasteiger partial charge >= 0.3 is 331 Å². The first-order valence-corrected chi connectivity index (χ1v) is 36.1. The standard InChI is InChI=1S/2C17H27OSi.C12H11Si.2ClH.Zr/c2*1-19(2)18-17-15-11-7-6-10-14(15)12-16(17)13-8-4-3-5-9-13;1-3-7-11(8-4-1)13-12-9-5-2-6-10-12;;;/h2*12-13,19H,3-11H2,1-2H3;1-10,13H;2*1H;/q;;;;;+2/p-2. The molecule has 0 saturated heterocycles. The monoisotopic (exact) mass is 893 g/mol. The Bertz CT molecular complexity index is 1570. The maximum absolute atomic E-state index is 7.37. The Kier molecular flexibility index (Phi) is 15.6. The fraction of sp³-hybridized carbons (Fsp3) is 0.565. The van der Waals surface area contributed by atoms with E-state index >= 15 is 0 Å². The summed E-state index contributed by atoms with van der Waals surface area (Å²) >= 11 is -2.70. The minimum atomic E-state index is -2.70. The molecule has 0 aliphatic heterocycles. The molecule has 2 fully saturated rings. The van der Waals surface area contributed by atoms with E-state index in [1.54, 1.807) is 21.5 Å². The Balaban J connectivity index is 0.00000249. The van der Waals surface area contributed by atoms with Crippen LogP contribution in [-0.2, 0) is 29.8 Å². The Labute approximate surface area is 352 Å². The van der Waals surface area contributed by atoms with Crippen LogP contribution >= 0.6 is 0 Å². The zero-order valence-electron chi connectivity index (χ0n) is 33.6. The number of benzene rings is 2. The summed E-state index contributed by atoms with van der Waals surface area (Å²) in [5.41, 5.74) is 11.1. The Morgan fingerprint density at radius 3 is 1.22 bits per heavy atom. The number of halogens is 2. The molecule has 0 radical (unpaired) electrons. The number of hydrogen-bond acceptors (Lipinski definition) is 2. The molecule has 0 spiro atoms. The summed E-state index contributed by atoms with van der Waals surface area (Å²) < 4.78 is 16.1. The van der Waals surface area contributed by atoms with Crippen LogP contribution in [0.2, 0.25) is 33.4 Å². The van der Waals surface area contributed by atoms with Crippen LogP contribution in [0.3, 0.4) is 0 Å². The van der Waals surface area contributed by atoms with E-state index in [4.69, 9.17) is 8.85 Å². The van der Waals surface area contributed by atoms with Crippen molar-refractivity contribution in [1.82, 2.24) is 0 Å². The Morgan fingerprint density at radius 2 is 0.852 bits per heavy atom. The number of allylic oxidation sites excluding steroid dienone is 6. The van der Waals surface area contributed by atoms with Gasteiger partial charge in [0.15, 0.2) is 0 Å². The predicted octanol–water partition coefficient (Wildman–Crippen LogP) is 5.17. The van der Waals surface area contributed by atoms with Crippen molar-refractivity contribution in [1.29, 1.82) is 0 Å². The van der Waals surface area contributed by atoms with Gasteiger partial charge in [0.25, 0.3) is 0 Å². The van der Waals surface area contributed by atoms with E-state index in [1.807, 2.05) is 22.3 Å². The summed E-state index contributed by atoms with van der Waals surface area (Å²) in [5, 5.41) is 3.45. The third-order valence-electron chi connectivity index (χ3n) is 13.5. The SMILES string of the molecule is C[SiH](C)OC1=C(C2CCCCC2)[CH]([Zr+2]([CH]2C3=C(CCCC3)C(O[SiH](C)C)=C2C2CCCCC2)[SiH](c2ccccc2)c2ccccc2)C2=C1CCCC2.[Cl-].[Cl-]. The van der Waals surface area contributed by atoms with Gasteiger partial charge in [0, 0.05) is 0 Å². The first-order valence-electron chi connectivity index (χ1n) is 21.7. The summed E-state index contributed by atoms with van der Waals surface area (Å²) in [6.45, 7) is 9.75. The molecule has 2 aromatic carbocycles. The van der Waals surface area contributed by atoms with E-state index in [1.165, 1.54) is 127 Å². The smallest absolute Gasteiger partial charge is 1.00 e. The molecule has 2 nitrogen and oxygen atoms in total. The molecule has 8 heteroatoms. The van der Waals surface area contributed by atoms with E-state index in [2.05, 4.69) is 86.9 Å². The molecule has 2 aromatic rings. The van der Waals surface area contributed by atoms with Crippen LogP contribution in [0.15, 0.2) is 106 Å². The first-order chi connectivity index (χ1) is 25.5. The van der Waals surface area contributed by atoms with E-state index in [0.29, 0.717) is 19.1 Å². The van der Waals surface area contributed by atoms with Crippen LogP contribution in [0.1, 0.15) is 116 Å². The van der Waals surface area contributed by atoms with Gasteiger partial charge in [-0.25, -0.2) is 0 Å². The average molecular weight is 896 g/mol. The fourth-order valence-electron chi connectivity index (χ4n) is 11.5. The number of hydrogen-bond donors (Lipinski definition) is 0. The Hall–Kier alpha value is -0.886. The van der Waals surface area contributed by atoms with E-state index in [0.717, 1.165) is 0 Å². The van der Waals surface area contributed by atoms with Gasteiger partial charge in [-0.05, 0) is 0 Å². The topological polar surface area (TPSA) is 18.5 Å². The summed E-state index contributed by atoms with van der Waals surface area (Å²) in [7, 11) is -2.58. The normalized spacial score (nSPS) is 23.8. The van der Waals surface area contributed by atoms with E-state index in [-0.39, 0.29) is 24.8 Å². The fourth-order valence-corrected chi connectivity index (χ4v) is 42.0. The van der Waals surface area contributed by atoms with Gasteiger partial charge in [0.05, 0.1) is 0 Å². The molecule has 291 valence electrons. The van der Waals surface area contributed by atoms with Crippen molar-refractivity contribution < 1.29 is 54.6 Å². The minimum Gasteiger partial charge on any atom is -1.00 e. The predicted molar refractivity (Wildman–Crippen MR) is 225 cm³/mol. The van der Waals surface area contributed by atoms with Crippen LogP contribution in [0.5, 0.6) is 0 Å². The van der Waals surface area contributed by atoms with E-state index < -0.39 is 44.9 Å². The Morgan fingerprint density at radius 1 is 0.481 bits per heavy atom. The molecule has 2 atom stereocenters. The van der Waals surface area contributed by atoms with Gasteiger partial charge in [0.2, 0.25) is 0 Å². The van der Waals surface area contributed by atoms with Gasteiger partial charge in [-0.15, -0.1) is 0 Å². The van der Waals surface area contributed by atoms with Gasteiger partial charge in [-0.1, -0.05) is 0 Å². The second-order valence-electron chi connectivity index (χ2n) is 17.6. The third kappa shape index (κ3) is 8.75. The van der Waals surface area contributed by atoms with Gasteiger partial charge < -0.3 is 24.8 Å². The van der Waals surface area contributed by atoms with Crippen molar-refractivity contribution in [3.05, 3.63) is 106 Å². The number of rotatable bonds is 11. The second-order valence-corrected chi connectivity index (χ2v) is 38.0. The van der Waals surface area contributed by atoms with Crippen LogP contribution < -0.4 is 35.2 Å². The molecule has 6 aliphatic carbocycles. The molecule has 2 saturated carbocycles. The maximum atomic E-state index is 7.37. The summed E-state index contributed by atoms with van der Waals surface area (Å²) in [6.07, 6.45) is 24.6. The molecule has 6 aliphatic rings. The van der Waals surface area contributed by atoms with Crippen molar-refractivity contribution in [2.24, 2.45) is 11.8 Å². The van der Waals surface area contributed by atoms with Crippen molar-refractivity contribution in [3.8, 4) is 0 Å². The zero-order chi connectivity index (χ0) is 35.6. The third-order valence-corrected chi connectivity index (χ3v) is 38.0. The summed E-state index contributed by atoms with van der Waals surface area (Å²) in [4.78, 5) is 0. The maximum Gasteiger partial charge on any atom is -1.00 e. The molecule has 0 heterocycles. The van der Waals surface area contributed by atoms with Crippen LogP contribution in [0, 0.1) is 11.8 Å². The molecule has 2 unspecified atom stereocenters. The molecule has 0 bridgehead atoms. The van der Waals surface area contributed by atoms with Crippen LogP contribution in [0.4, 0.5) is 0 Å². The molecular weight excluding hydrogens is 831 g/mol. The first kappa shape index (κ1) is 42.7. The largest absolute Gasteiger partial charge is 1.00 e. The van der Waals surface area contributed by atoms with Crippen molar-refractivity contribution >= 4 is 34.4 Å². The van der Waals surface area contributed by atoms with Crippen molar-refractivity contribution in [2.45, 2.75) is 149 Å². The molecule has 0 aromatic heterocycles. The van der Waals surface area contributed by atoms with Crippen molar-refractivity contribution in [2.75, 3.05) is 0 Å². The minimum absolute atomic E-state index is 0. The molecule has 8 rings (SSSR count). The van der Waals surface area contributed by atoms with Gasteiger partial charge in [-0.3, -0.25) is 0 Å². The average Bonchev–Trinajstić information content (AvgIpc) is 3.67. The molecule has 54 heavy (non-hydrogen) atoms. The zero-order valence-corrected chi connectivity index (χ0v) is 41.0. The summed E-state index contributed by atoms with van der Waals surface area (Å²) in [6, 6.07) is 24.4. The second kappa shape index (κ2) is 19.7. The summed E-state index contributed by atoms with van der Waals surface area (Å²) in [5.74, 6) is 2.77.